The van der Waals surface area contributed by atoms with Gasteiger partial charge in [-0.25, -0.2) is 0 Å². The molecule has 1 aliphatic carbocycles. The Morgan fingerprint density at radius 3 is 2.59 bits per heavy atom. The Balaban J connectivity index is 1.41. The average Bonchev–Trinajstić information content (AvgIpc) is 2.71. The zero-order valence-corrected chi connectivity index (χ0v) is 20.2. The van der Waals surface area contributed by atoms with Crippen LogP contribution in [0.1, 0.15) is 70.9 Å². The molecular weight excluding hydrogens is 401 g/mol. The number of amides is 1. The van der Waals surface area contributed by atoms with Crippen molar-refractivity contribution in [1.29, 1.82) is 0 Å². The van der Waals surface area contributed by atoms with Crippen molar-refractivity contribution >= 4 is 18.6 Å². The lowest BCUT2D eigenvalue weighted by atomic mass is 9.72. The number of carbonyl (C=O) groups excluding carboxylic acids is 1. The number of nitrogens with one attached hydrogen (secondary N) is 3. The van der Waals surface area contributed by atoms with E-state index >= 15 is 0 Å². The molecule has 1 aromatic rings. The normalized spacial score (nSPS) is 23.3. The Bertz CT molecular complexity index is 800. The van der Waals surface area contributed by atoms with Crippen molar-refractivity contribution in [2.75, 3.05) is 13.1 Å². The fourth-order valence-corrected chi connectivity index (χ4v) is 4.70. The molecule has 0 saturated heterocycles. The molecule has 2 aliphatic rings. The largest absolute Gasteiger partial charge is 0.547 e. The van der Waals surface area contributed by atoms with Crippen LogP contribution in [-0.4, -0.2) is 48.7 Å². The van der Waals surface area contributed by atoms with Crippen LogP contribution in [-0.2, 0) is 11.2 Å². The van der Waals surface area contributed by atoms with Crippen LogP contribution in [0, 0.1) is 5.92 Å². The average molecular weight is 441 g/mol. The van der Waals surface area contributed by atoms with E-state index in [-0.39, 0.29) is 11.4 Å². The van der Waals surface area contributed by atoms with Crippen LogP contribution < -0.4 is 20.6 Å². The van der Waals surface area contributed by atoms with Gasteiger partial charge in [0.05, 0.1) is 5.94 Å². The summed E-state index contributed by atoms with van der Waals surface area (Å²) in [5, 5.41) is 20.6. The second-order valence-electron chi connectivity index (χ2n) is 10.5. The summed E-state index contributed by atoms with van der Waals surface area (Å²) in [6, 6.07) is 6.44. The summed E-state index contributed by atoms with van der Waals surface area (Å²) < 4.78 is 5.78. The van der Waals surface area contributed by atoms with E-state index in [9.17, 15) is 9.82 Å². The lowest BCUT2D eigenvalue weighted by Crippen LogP contribution is -2.53. The molecule has 32 heavy (non-hydrogen) atoms. The van der Waals surface area contributed by atoms with Gasteiger partial charge in [-0.2, -0.15) is 0 Å². The van der Waals surface area contributed by atoms with Crippen molar-refractivity contribution in [3.05, 3.63) is 35.9 Å². The molecule has 0 bridgehead atoms. The van der Waals surface area contributed by atoms with Crippen molar-refractivity contribution in [2.24, 2.45) is 5.92 Å². The van der Waals surface area contributed by atoms with Gasteiger partial charge in [-0.15, -0.1) is 0 Å². The molecule has 0 aromatic heterocycles. The fraction of sp³-hybridized carbons (Fsp3) is 0.640. The number of carbonyl (C=O) groups is 1. The number of hydrogen-bond donors (Lipinski definition) is 4. The third-order valence-electron chi connectivity index (χ3n) is 6.46. The first kappa shape index (κ1) is 24.8. The van der Waals surface area contributed by atoms with Crippen LogP contribution in [0.2, 0.25) is 0 Å². The fourth-order valence-electron chi connectivity index (χ4n) is 4.70. The predicted octanol–water partition coefficient (Wildman–Crippen LogP) is 3.09. The van der Waals surface area contributed by atoms with Crippen LogP contribution in [0.4, 0.5) is 0 Å². The number of benzene rings is 1. The highest BCUT2D eigenvalue weighted by molar-refractivity contribution is 6.46. The summed E-state index contributed by atoms with van der Waals surface area (Å²) in [5.74, 6) is 0.665. The van der Waals surface area contributed by atoms with Gasteiger partial charge in [-0.05, 0) is 76.9 Å². The van der Waals surface area contributed by atoms with Crippen molar-refractivity contribution in [3.63, 3.8) is 0 Å². The summed E-state index contributed by atoms with van der Waals surface area (Å²) in [4.78, 5) is 12.7. The Morgan fingerprint density at radius 1 is 1.22 bits per heavy atom. The predicted molar refractivity (Wildman–Crippen MR) is 132 cm³/mol. The first-order valence-corrected chi connectivity index (χ1v) is 12.0. The molecule has 6 nitrogen and oxygen atoms in total. The zero-order chi connectivity index (χ0) is 23.3. The Morgan fingerprint density at radius 2 is 1.94 bits per heavy atom. The maximum atomic E-state index is 12.7. The van der Waals surface area contributed by atoms with Crippen molar-refractivity contribution < 1.29 is 14.5 Å². The molecule has 1 aromatic carbocycles. The van der Waals surface area contributed by atoms with E-state index in [0.29, 0.717) is 30.6 Å². The molecule has 0 spiro atoms. The van der Waals surface area contributed by atoms with E-state index in [1.165, 1.54) is 0 Å². The maximum absolute atomic E-state index is 12.7. The second-order valence-corrected chi connectivity index (χ2v) is 10.5. The van der Waals surface area contributed by atoms with Gasteiger partial charge >= 0.3 is 7.12 Å². The first-order chi connectivity index (χ1) is 15.1. The molecule has 3 rings (SSSR count). The second kappa shape index (κ2) is 10.9. The highest BCUT2D eigenvalue weighted by Crippen LogP contribution is 2.33. The summed E-state index contributed by atoms with van der Waals surface area (Å²) in [6.45, 7) is 14.4. The first-order valence-electron chi connectivity index (χ1n) is 12.0. The minimum Gasteiger partial charge on any atom is -0.534 e. The van der Waals surface area contributed by atoms with Gasteiger partial charge in [-0.1, -0.05) is 24.8 Å². The monoisotopic (exact) mass is 441 g/mol. The zero-order valence-electron chi connectivity index (χ0n) is 20.2. The van der Waals surface area contributed by atoms with E-state index < -0.39 is 13.1 Å². The molecule has 176 valence electrons. The minimum absolute atomic E-state index is 0.00272. The summed E-state index contributed by atoms with van der Waals surface area (Å²) in [7, 11) is -1.05. The van der Waals surface area contributed by atoms with E-state index in [4.69, 9.17) is 4.65 Å². The van der Waals surface area contributed by atoms with Gasteiger partial charge in [-0.3, -0.25) is 4.79 Å². The van der Waals surface area contributed by atoms with Gasteiger partial charge in [0, 0.05) is 36.7 Å². The molecule has 1 amide bonds. The lowest BCUT2D eigenvalue weighted by Gasteiger charge is -2.31. The standard InChI is InChI=1S/C25H40BN3O3/c1-17(2)21-8-6-7-19-16-22(26(31)32-24(19)21)29-23(30)15-18-9-11-20(12-10-18)27-13-14-28-25(3,4)5/h6-8,18,20,22,27-28,31H,1,9-16H2,2-5H3,(H,29,30)/t18?,20?,22-/m0/s1. The number of allylic oxidation sites excluding steroid dienone is 1. The van der Waals surface area contributed by atoms with E-state index in [2.05, 4.69) is 43.3 Å². The van der Waals surface area contributed by atoms with Gasteiger partial charge in [0.1, 0.15) is 5.75 Å². The molecule has 1 heterocycles. The van der Waals surface area contributed by atoms with Crippen molar-refractivity contribution in [3.8, 4) is 5.75 Å². The Labute approximate surface area is 193 Å². The van der Waals surface area contributed by atoms with E-state index in [0.717, 1.165) is 55.5 Å². The quantitative estimate of drug-likeness (QED) is 0.368. The number of hydrogen-bond acceptors (Lipinski definition) is 5. The molecule has 1 fully saturated rings. The Kier molecular flexibility index (Phi) is 8.42. The lowest BCUT2D eigenvalue weighted by molar-refractivity contribution is -0.122. The van der Waals surface area contributed by atoms with Crippen LogP contribution >= 0.6 is 0 Å². The third kappa shape index (κ3) is 7.09. The molecule has 0 radical (unpaired) electrons. The third-order valence-corrected chi connectivity index (χ3v) is 6.46. The molecule has 0 unspecified atom stereocenters. The van der Waals surface area contributed by atoms with Crippen molar-refractivity contribution in [2.45, 2.75) is 83.7 Å². The SMILES string of the molecule is C=C(C)c1cccc2c1OB(O)[C@@H](NC(=O)CC1CCC(NCCNC(C)(C)C)CC1)C2. The van der Waals surface area contributed by atoms with Crippen LogP contribution in [0.5, 0.6) is 5.75 Å². The van der Waals surface area contributed by atoms with Crippen molar-refractivity contribution in [1.82, 2.24) is 16.0 Å². The molecule has 4 N–H and O–H groups in total. The molecule has 1 atom stereocenters. The molecule has 7 heteroatoms. The molecule has 1 aliphatic heterocycles. The summed E-state index contributed by atoms with van der Waals surface area (Å²) in [5.41, 5.74) is 2.95. The van der Waals surface area contributed by atoms with Gasteiger partial charge in [0.15, 0.2) is 0 Å². The highest BCUT2D eigenvalue weighted by Gasteiger charge is 2.37. The summed E-state index contributed by atoms with van der Waals surface area (Å²) >= 11 is 0. The Hall–Kier alpha value is -1.83. The minimum atomic E-state index is -1.05. The topological polar surface area (TPSA) is 82.6 Å². The number of para-hydroxylation sites is 1. The summed E-state index contributed by atoms with van der Waals surface area (Å²) in [6.07, 6.45) is 5.42. The van der Waals surface area contributed by atoms with Crippen LogP contribution in [0.3, 0.4) is 0 Å². The van der Waals surface area contributed by atoms with Gasteiger partial charge in [0.2, 0.25) is 5.91 Å². The van der Waals surface area contributed by atoms with E-state index in [1.54, 1.807) is 0 Å². The van der Waals surface area contributed by atoms with Crippen LogP contribution in [0.15, 0.2) is 24.8 Å². The van der Waals surface area contributed by atoms with Gasteiger partial charge in [0.25, 0.3) is 0 Å². The number of rotatable bonds is 8. The van der Waals surface area contributed by atoms with Gasteiger partial charge < -0.3 is 25.6 Å². The van der Waals surface area contributed by atoms with Crippen LogP contribution in [0.25, 0.3) is 5.57 Å². The maximum Gasteiger partial charge on any atom is 0.547 e. The highest BCUT2D eigenvalue weighted by atomic mass is 16.5. The van der Waals surface area contributed by atoms with E-state index in [1.807, 2.05) is 25.1 Å². The smallest absolute Gasteiger partial charge is 0.534 e. The molecule has 1 saturated carbocycles. The number of fused-ring (bicyclic) bond motifs is 1. The molecular formula is C25H40BN3O3.